The highest BCUT2D eigenvalue weighted by Crippen LogP contribution is 2.42. The molecule has 10 heteroatoms. The van der Waals surface area contributed by atoms with Crippen molar-refractivity contribution in [3.63, 3.8) is 0 Å². The van der Waals surface area contributed by atoms with Crippen LogP contribution in [0.15, 0.2) is 24.3 Å². The number of likely N-dealkylation sites (N-methyl/N-ethyl adjacent to an activating group) is 2. The highest BCUT2D eigenvalue weighted by Gasteiger charge is 2.38. The maximum atomic E-state index is 13.7. The summed E-state index contributed by atoms with van der Waals surface area (Å²) in [4.78, 5) is 27.5. The average molecular weight is 529 g/mol. The van der Waals surface area contributed by atoms with Gasteiger partial charge in [-0.3, -0.25) is 9.59 Å². The first-order chi connectivity index (χ1) is 17.9. The highest BCUT2D eigenvalue weighted by atomic mass is 16.6. The fourth-order valence-electron chi connectivity index (χ4n) is 5.20. The zero-order valence-electron chi connectivity index (χ0n) is 23.1. The van der Waals surface area contributed by atoms with Crippen molar-refractivity contribution in [1.82, 2.24) is 0 Å². The fraction of sp³-hybridized carbons (Fsp3) is 0.500. The summed E-state index contributed by atoms with van der Waals surface area (Å²) < 4.78 is -0.831. The molecular formula is C28H40N4O6. The number of hydrogen-bond donors (Lipinski definition) is 4. The minimum atomic E-state index is -0.611. The molecule has 0 fully saturated rings. The van der Waals surface area contributed by atoms with Crippen LogP contribution >= 0.6 is 0 Å². The van der Waals surface area contributed by atoms with Gasteiger partial charge in [-0.15, -0.1) is 0 Å². The lowest BCUT2D eigenvalue weighted by molar-refractivity contribution is -0.898. The highest BCUT2D eigenvalue weighted by molar-refractivity contribution is 6.33. The van der Waals surface area contributed by atoms with Crippen molar-refractivity contribution in [1.29, 1.82) is 0 Å². The second kappa shape index (κ2) is 11.3. The van der Waals surface area contributed by atoms with Crippen LogP contribution < -0.4 is 10.6 Å². The number of rotatable bonds is 12. The van der Waals surface area contributed by atoms with Crippen molar-refractivity contribution in [2.75, 3.05) is 49.9 Å². The molecule has 10 nitrogen and oxygen atoms in total. The molecule has 208 valence electrons. The van der Waals surface area contributed by atoms with Gasteiger partial charge in [0.05, 0.1) is 61.5 Å². The van der Waals surface area contributed by atoms with Crippen LogP contribution in [-0.2, 0) is 0 Å². The van der Waals surface area contributed by atoms with E-state index in [0.717, 1.165) is 0 Å². The molecule has 0 bridgehead atoms. The number of fused-ring (bicyclic) bond motifs is 2. The van der Waals surface area contributed by atoms with Crippen LogP contribution in [0.3, 0.4) is 0 Å². The number of anilines is 2. The SMILES string of the molecule is CC[N+]([O-])(CC)C(C)CNc1ccc(NCC(C)[N+]([O-])(CC)CC)c2c1C(=O)c1c(O)ccc(O)c1C2=O. The summed E-state index contributed by atoms with van der Waals surface area (Å²) in [7, 11) is 0. The van der Waals surface area contributed by atoms with Crippen molar-refractivity contribution >= 4 is 22.9 Å². The monoisotopic (exact) mass is 528 g/mol. The van der Waals surface area contributed by atoms with E-state index in [1.54, 1.807) is 12.1 Å². The zero-order valence-corrected chi connectivity index (χ0v) is 23.1. The number of hydroxylamine groups is 6. The Hall–Kier alpha value is -3.18. The number of phenolic OH excluding ortho intramolecular Hbond substituents is 2. The van der Waals surface area contributed by atoms with Gasteiger partial charge in [-0.25, -0.2) is 0 Å². The maximum Gasteiger partial charge on any atom is 0.200 e. The van der Waals surface area contributed by atoms with E-state index in [4.69, 9.17) is 0 Å². The van der Waals surface area contributed by atoms with Gasteiger partial charge in [0.2, 0.25) is 11.6 Å². The van der Waals surface area contributed by atoms with Gasteiger partial charge >= 0.3 is 0 Å². The molecule has 2 aromatic carbocycles. The van der Waals surface area contributed by atoms with Crippen LogP contribution in [0.2, 0.25) is 0 Å². The first kappa shape index (κ1) is 29.4. The minimum Gasteiger partial charge on any atom is -0.633 e. The van der Waals surface area contributed by atoms with Crippen LogP contribution in [0.1, 0.15) is 73.4 Å². The molecular weight excluding hydrogens is 488 g/mol. The molecule has 0 spiro atoms. The summed E-state index contributed by atoms with van der Waals surface area (Å²) >= 11 is 0. The number of nitrogens with one attached hydrogen (secondary N) is 2. The molecule has 0 saturated heterocycles. The lowest BCUT2D eigenvalue weighted by Gasteiger charge is -2.46. The molecule has 2 aromatic rings. The van der Waals surface area contributed by atoms with Crippen molar-refractivity contribution < 1.29 is 29.1 Å². The normalized spacial score (nSPS) is 15.1. The second-order valence-corrected chi connectivity index (χ2v) is 10.1. The van der Waals surface area contributed by atoms with Gasteiger partial charge in [0.25, 0.3) is 0 Å². The Labute approximate surface area is 224 Å². The zero-order chi connectivity index (χ0) is 28.4. The largest absolute Gasteiger partial charge is 0.633 e. The summed E-state index contributed by atoms with van der Waals surface area (Å²) in [6, 6.07) is 5.01. The van der Waals surface area contributed by atoms with Gasteiger partial charge < -0.3 is 40.6 Å². The molecule has 0 aliphatic heterocycles. The number of quaternary nitrogens is 2. The van der Waals surface area contributed by atoms with Gasteiger partial charge in [-0.2, -0.15) is 0 Å². The van der Waals surface area contributed by atoms with E-state index in [0.29, 0.717) is 37.6 Å². The van der Waals surface area contributed by atoms with Crippen molar-refractivity contribution in [2.24, 2.45) is 0 Å². The van der Waals surface area contributed by atoms with E-state index in [-0.39, 0.29) is 47.4 Å². The third-order valence-electron chi connectivity index (χ3n) is 8.20. The first-order valence-electron chi connectivity index (χ1n) is 13.3. The quantitative estimate of drug-likeness (QED) is 0.156. The average Bonchev–Trinajstić information content (AvgIpc) is 2.93. The summed E-state index contributed by atoms with van der Waals surface area (Å²) in [6.45, 7) is 13.1. The third-order valence-corrected chi connectivity index (χ3v) is 8.20. The lowest BCUT2D eigenvalue weighted by atomic mass is 9.81. The maximum absolute atomic E-state index is 13.7. The summed E-state index contributed by atoms with van der Waals surface area (Å²) in [6.07, 6.45) is 0. The van der Waals surface area contributed by atoms with Gasteiger partial charge in [-0.05, 0) is 65.8 Å². The number of carbonyl (C=O) groups excluding carboxylic acids is 2. The smallest absolute Gasteiger partial charge is 0.200 e. The molecule has 1 aliphatic carbocycles. The molecule has 2 unspecified atom stereocenters. The Morgan fingerprint density at radius 1 is 0.658 bits per heavy atom. The first-order valence-corrected chi connectivity index (χ1v) is 13.3. The fourth-order valence-corrected chi connectivity index (χ4v) is 5.20. The van der Waals surface area contributed by atoms with E-state index in [9.17, 15) is 30.2 Å². The predicted molar refractivity (Wildman–Crippen MR) is 148 cm³/mol. The van der Waals surface area contributed by atoms with Gasteiger partial charge in [0.15, 0.2) is 0 Å². The molecule has 3 rings (SSSR count). The minimum absolute atomic E-state index is 0.0547. The molecule has 0 saturated carbocycles. The third kappa shape index (κ3) is 5.09. The van der Waals surface area contributed by atoms with E-state index >= 15 is 0 Å². The van der Waals surface area contributed by atoms with E-state index in [1.165, 1.54) is 12.1 Å². The number of benzene rings is 2. The topological polar surface area (TPSA) is 145 Å². The summed E-state index contributed by atoms with van der Waals surface area (Å²) in [5, 5.41) is 53.3. The van der Waals surface area contributed by atoms with Gasteiger partial charge in [-0.1, -0.05) is 0 Å². The standard InChI is InChI=1S/C28H40N4O6/c1-7-31(37,8-2)17(5)15-29-19-11-12-20(30-16-18(6)32(38,9-3)10-4)24-23(19)27(35)25-21(33)13-14-22(34)26(25)28(24)36/h11-14,17-18,29-30,33-34H,7-10,15-16H2,1-6H3. The number of carbonyl (C=O) groups is 2. The molecule has 38 heavy (non-hydrogen) atoms. The number of phenols is 2. The van der Waals surface area contributed by atoms with E-state index in [2.05, 4.69) is 10.6 Å². The second-order valence-electron chi connectivity index (χ2n) is 10.1. The summed E-state index contributed by atoms with van der Waals surface area (Å²) in [5.74, 6) is -2.03. The van der Waals surface area contributed by atoms with Crippen LogP contribution in [0.4, 0.5) is 11.4 Å². The van der Waals surface area contributed by atoms with Crippen LogP contribution in [0.5, 0.6) is 11.5 Å². The van der Waals surface area contributed by atoms with Gasteiger partial charge in [0.1, 0.15) is 23.6 Å². The number of hydrogen-bond acceptors (Lipinski definition) is 8. The molecule has 0 heterocycles. The number of ketones is 2. The molecule has 0 aromatic heterocycles. The van der Waals surface area contributed by atoms with Crippen LogP contribution in [0.25, 0.3) is 0 Å². The van der Waals surface area contributed by atoms with Crippen molar-refractivity contribution in [2.45, 2.75) is 53.6 Å². The number of aromatic hydroxyl groups is 2. The van der Waals surface area contributed by atoms with Crippen LogP contribution in [-0.4, -0.2) is 82.4 Å². The number of nitrogens with zero attached hydrogens (tertiary/aromatic N) is 2. The summed E-state index contributed by atoms with van der Waals surface area (Å²) in [5.41, 5.74) is 0.303. The predicted octanol–water partition coefficient (Wildman–Crippen LogP) is 4.18. The lowest BCUT2D eigenvalue weighted by Crippen LogP contribution is -2.52. The molecule has 0 amide bonds. The van der Waals surface area contributed by atoms with E-state index < -0.39 is 32.4 Å². The Morgan fingerprint density at radius 3 is 1.26 bits per heavy atom. The Morgan fingerprint density at radius 2 is 0.974 bits per heavy atom. The Kier molecular flexibility index (Phi) is 8.72. The van der Waals surface area contributed by atoms with Crippen LogP contribution in [0, 0.1) is 10.4 Å². The van der Waals surface area contributed by atoms with Crippen molar-refractivity contribution in [3.05, 3.63) is 56.9 Å². The van der Waals surface area contributed by atoms with Crippen molar-refractivity contribution in [3.8, 4) is 11.5 Å². The Bertz CT molecular complexity index is 1110. The molecule has 4 N–H and O–H groups in total. The van der Waals surface area contributed by atoms with Gasteiger partial charge in [0, 0.05) is 11.4 Å². The molecule has 1 aliphatic rings. The molecule has 0 radical (unpaired) electrons. The van der Waals surface area contributed by atoms with E-state index in [1.807, 2.05) is 41.5 Å². The molecule has 2 atom stereocenters. The Balaban J connectivity index is 2.08.